The number of imidazole rings is 1. The summed E-state index contributed by atoms with van der Waals surface area (Å²) < 4.78 is 2.10. The molecule has 0 saturated carbocycles. The summed E-state index contributed by atoms with van der Waals surface area (Å²) in [5, 5.41) is 8.62. The molecular weight excluding hydrogens is 240 g/mol. The van der Waals surface area contributed by atoms with Crippen LogP contribution in [0.15, 0.2) is 42.7 Å². The zero-order chi connectivity index (χ0) is 13.7. The number of carboxylic acids is 1. The number of nitrogens with zero attached hydrogens (tertiary/aromatic N) is 2. The largest absolute Gasteiger partial charge is 0.478 e. The SMILES string of the molecule is CCc1nccn1Cc1cccc(/C=C/C(=O)O)c1. The summed E-state index contributed by atoms with van der Waals surface area (Å²) in [7, 11) is 0. The minimum Gasteiger partial charge on any atom is -0.478 e. The summed E-state index contributed by atoms with van der Waals surface area (Å²) >= 11 is 0. The van der Waals surface area contributed by atoms with E-state index < -0.39 is 5.97 Å². The van der Waals surface area contributed by atoms with Crippen molar-refractivity contribution >= 4 is 12.0 Å². The molecule has 0 unspecified atom stereocenters. The zero-order valence-corrected chi connectivity index (χ0v) is 10.8. The number of benzene rings is 1. The maximum Gasteiger partial charge on any atom is 0.328 e. The highest BCUT2D eigenvalue weighted by atomic mass is 16.4. The first kappa shape index (κ1) is 13.1. The lowest BCUT2D eigenvalue weighted by Gasteiger charge is -2.07. The summed E-state index contributed by atoms with van der Waals surface area (Å²) in [6.45, 7) is 2.82. The smallest absolute Gasteiger partial charge is 0.328 e. The van der Waals surface area contributed by atoms with Crippen molar-refractivity contribution in [3.8, 4) is 0 Å². The molecule has 1 heterocycles. The second kappa shape index (κ2) is 6.00. The number of rotatable bonds is 5. The summed E-state index contributed by atoms with van der Waals surface area (Å²) in [5.74, 6) is 0.111. The van der Waals surface area contributed by atoms with Gasteiger partial charge in [-0.25, -0.2) is 9.78 Å². The fourth-order valence-electron chi connectivity index (χ4n) is 1.96. The minimum atomic E-state index is -0.937. The average molecular weight is 256 g/mol. The van der Waals surface area contributed by atoms with Gasteiger partial charge in [-0.3, -0.25) is 0 Å². The summed E-state index contributed by atoms with van der Waals surface area (Å²) in [4.78, 5) is 14.8. The van der Waals surface area contributed by atoms with Crippen molar-refractivity contribution in [3.05, 3.63) is 59.7 Å². The third-order valence-electron chi connectivity index (χ3n) is 2.84. The Kier molecular flexibility index (Phi) is 4.13. The van der Waals surface area contributed by atoms with Gasteiger partial charge in [-0.2, -0.15) is 0 Å². The van der Waals surface area contributed by atoms with E-state index in [-0.39, 0.29) is 0 Å². The van der Waals surface area contributed by atoms with E-state index in [0.29, 0.717) is 0 Å². The standard InChI is InChI=1S/C15H16N2O2/c1-2-14-16-8-9-17(14)11-13-5-3-4-12(10-13)6-7-15(18)19/h3-10H,2,11H2,1H3,(H,18,19)/b7-6+. The molecule has 0 atom stereocenters. The van der Waals surface area contributed by atoms with Gasteiger partial charge in [0.2, 0.25) is 0 Å². The van der Waals surface area contributed by atoms with E-state index in [4.69, 9.17) is 5.11 Å². The highest BCUT2D eigenvalue weighted by molar-refractivity contribution is 5.85. The lowest BCUT2D eigenvalue weighted by Crippen LogP contribution is -2.03. The second-order valence-corrected chi connectivity index (χ2v) is 4.24. The molecule has 1 aromatic heterocycles. The molecule has 2 aromatic rings. The molecule has 0 fully saturated rings. The van der Waals surface area contributed by atoms with E-state index in [1.54, 1.807) is 12.3 Å². The van der Waals surface area contributed by atoms with Crippen molar-refractivity contribution in [2.24, 2.45) is 0 Å². The summed E-state index contributed by atoms with van der Waals surface area (Å²) in [6, 6.07) is 7.83. The van der Waals surface area contributed by atoms with Gasteiger partial charge in [-0.1, -0.05) is 25.1 Å². The van der Waals surface area contributed by atoms with E-state index in [1.807, 2.05) is 30.5 Å². The van der Waals surface area contributed by atoms with Crippen molar-refractivity contribution in [3.63, 3.8) is 0 Å². The van der Waals surface area contributed by atoms with Crippen molar-refractivity contribution in [2.75, 3.05) is 0 Å². The number of hydrogen-bond donors (Lipinski definition) is 1. The maximum atomic E-state index is 10.5. The lowest BCUT2D eigenvalue weighted by atomic mass is 10.1. The Bertz CT molecular complexity index is 600. The Morgan fingerprint density at radius 1 is 1.47 bits per heavy atom. The molecule has 0 aliphatic carbocycles. The van der Waals surface area contributed by atoms with E-state index in [2.05, 4.69) is 16.5 Å². The van der Waals surface area contributed by atoms with Crippen LogP contribution in [0.5, 0.6) is 0 Å². The molecule has 1 N–H and O–H groups in total. The predicted molar refractivity (Wildman–Crippen MR) is 73.8 cm³/mol. The van der Waals surface area contributed by atoms with E-state index in [1.165, 1.54) is 0 Å². The Hall–Kier alpha value is -2.36. The quantitative estimate of drug-likeness (QED) is 0.836. The van der Waals surface area contributed by atoms with Crippen molar-refractivity contribution in [2.45, 2.75) is 19.9 Å². The monoisotopic (exact) mass is 256 g/mol. The first-order valence-electron chi connectivity index (χ1n) is 6.19. The van der Waals surface area contributed by atoms with Gasteiger partial charge in [0, 0.05) is 31.4 Å². The molecule has 1 aromatic carbocycles. The molecule has 0 saturated heterocycles. The van der Waals surface area contributed by atoms with Gasteiger partial charge in [-0.05, 0) is 23.3 Å². The molecule has 0 spiro atoms. The molecule has 4 heteroatoms. The van der Waals surface area contributed by atoms with Gasteiger partial charge < -0.3 is 9.67 Å². The van der Waals surface area contributed by atoms with Crippen molar-refractivity contribution in [1.82, 2.24) is 9.55 Å². The number of aliphatic carboxylic acids is 1. The van der Waals surface area contributed by atoms with Crippen LogP contribution in [0.2, 0.25) is 0 Å². The molecule has 2 rings (SSSR count). The molecule has 0 amide bonds. The molecule has 0 radical (unpaired) electrons. The predicted octanol–water partition coefficient (Wildman–Crippen LogP) is 2.59. The zero-order valence-electron chi connectivity index (χ0n) is 10.8. The van der Waals surface area contributed by atoms with Crippen LogP contribution in [0.4, 0.5) is 0 Å². The fraction of sp³-hybridized carbons (Fsp3) is 0.200. The first-order valence-corrected chi connectivity index (χ1v) is 6.19. The number of hydrogen-bond acceptors (Lipinski definition) is 2. The number of carbonyl (C=O) groups is 1. The van der Waals surface area contributed by atoms with E-state index >= 15 is 0 Å². The molecular formula is C15H16N2O2. The fourth-order valence-corrected chi connectivity index (χ4v) is 1.96. The van der Waals surface area contributed by atoms with Crippen LogP contribution in [0, 0.1) is 0 Å². The normalized spacial score (nSPS) is 11.0. The van der Waals surface area contributed by atoms with Gasteiger partial charge in [0.05, 0.1) is 0 Å². The Labute approximate surface area is 112 Å². The summed E-state index contributed by atoms with van der Waals surface area (Å²) in [6.07, 6.45) is 7.39. The van der Waals surface area contributed by atoms with Crippen molar-refractivity contribution in [1.29, 1.82) is 0 Å². The minimum absolute atomic E-state index is 0.748. The number of aromatic nitrogens is 2. The van der Waals surface area contributed by atoms with Gasteiger partial charge in [0.25, 0.3) is 0 Å². The van der Waals surface area contributed by atoms with Crippen LogP contribution in [0.25, 0.3) is 6.08 Å². The number of carboxylic acid groups (broad SMARTS) is 1. The topological polar surface area (TPSA) is 55.1 Å². The van der Waals surface area contributed by atoms with Gasteiger partial charge in [-0.15, -0.1) is 0 Å². The summed E-state index contributed by atoms with van der Waals surface area (Å²) in [5.41, 5.74) is 2.01. The number of aryl methyl sites for hydroxylation is 1. The van der Waals surface area contributed by atoms with Crippen LogP contribution in [0.3, 0.4) is 0 Å². The van der Waals surface area contributed by atoms with Crippen LogP contribution in [-0.2, 0) is 17.8 Å². The molecule has 0 bridgehead atoms. The molecule has 4 nitrogen and oxygen atoms in total. The van der Waals surface area contributed by atoms with Crippen LogP contribution < -0.4 is 0 Å². The second-order valence-electron chi connectivity index (χ2n) is 4.24. The molecule has 19 heavy (non-hydrogen) atoms. The highest BCUT2D eigenvalue weighted by Gasteiger charge is 2.01. The third kappa shape index (κ3) is 3.55. The first-order chi connectivity index (χ1) is 9.19. The van der Waals surface area contributed by atoms with Gasteiger partial charge in [0.1, 0.15) is 5.82 Å². The van der Waals surface area contributed by atoms with Crippen LogP contribution in [0.1, 0.15) is 23.9 Å². The molecule has 98 valence electrons. The Morgan fingerprint density at radius 2 is 2.32 bits per heavy atom. The Balaban J connectivity index is 2.17. The highest BCUT2D eigenvalue weighted by Crippen LogP contribution is 2.10. The van der Waals surface area contributed by atoms with Crippen LogP contribution >= 0.6 is 0 Å². The van der Waals surface area contributed by atoms with Crippen molar-refractivity contribution < 1.29 is 9.90 Å². The molecule has 0 aliphatic heterocycles. The van der Waals surface area contributed by atoms with Gasteiger partial charge in [0.15, 0.2) is 0 Å². The van der Waals surface area contributed by atoms with E-state index in [9.17, 15) is 4.79 Å². The maximum absolute atomic E-state index is 10.5. The Morgan fingerprint density at radius 3 is 3.05 bits per heavy atom. The van der Waals surface area contributed by atoms with Crippen LogP contribution in [-0.4, -0.2) is 20.6 Å². The third-order valence-corrected chi connectivity index (χ3v) is 2.84. The average Bonchev–Trinajstić information content (AvgIpc) is 2.84. The molecule has 0 aliphatic rings. The van der Waals surface area contributed by atoms with Gasteiger partial charge >= 0.3 is 5.97 Å². The van der Waals surface area contributed by atoms with E-state index in [0.717, 1.165) is 36.0 Å². The lowest BCUT2D eigenvalue weighted by molar-refractivity contribution is -0.131.